The second kappa shape index (κ2) is 6.27. The molecule has 0 N–H and O–H groups in total. The Labute approximate surface area is 154 Å². The number of carbonyl (C=O) groups is 1. The molecule has 5 rings (SSSR count). The minimum atomic E-state index is 0.0493. The molecule has 4 heteroatoms. The van der Waals surface area contributed by atoms with Crippen LogP contribution in [0.5, 0.6) is 0 Å². The number of aromatic nitrogens is 1. The van der Waals surface area contributed by atoms with Crippen molar-refractivity contribution in [3.63, 3.8) is 0 Å². The molecule has 132 valence electrons. The lowest BCUT2D eigenvalue weighted by atomic mass is 9.86. The van der Waals surface area contributed by atoms with Crippen molar-refractivity contribution in [3.05, 3.63) is 65.9 Å². The molecule has 26 heavy (non-hydrogen) atoms. The van der Waals surface area contributed by atoms with Crippen molar-refractivity contribution in [1.82, 2.24) is 4.98 Å². The van der Waals surface area contributed by atoms with Crippen LogP contribution < -0.4 is 9.80 Å². The smallest absolute Gasteiger partial charge is 0.259 e. The van der Waals surface area contributed by atoms with E-state index in [0.29, 0.717) is 5.56 Å². The van der Waals surface area contributed by atoms with Crippen molar-refractivity contribution in [3.8, 4) is 0 Å². The van der Waals surface area contributed by atoms with Gasteiger partial charge in [-0.3, -0.25) is 4.79 Å². The molecule has 4 nitrogen and oxygen atoms in total. The van der Waals surface area contributed by atoms with Crippen LogP contribution in [-0.4, -0.2) is 30.5 Å². The van der Waals surface area contributed by atoms with Crippen molar-refractivity contribution in [2.75, 3.05) is 29.4 Å². The van der Waals surface area contributed by atoms with Gasteiger partial charge in [-0.05, 0) is 54.9 Å². The zero-order chi connectivity index (χ0) is 17.5. The summed E-state index contributed by atoms with van der Waals surface area (Å²) in [5.74, 6) is 2.56. The molecule has 0 bridgehead atoms. The second-order valence-corrected chi connectivity index (χ2v) is 7.61. The quantitative estimate of drug-likeness (QED) is 0.779. The first-order valence-electron chi connectivity index (χ1n) is 9.55. The fourth-order valence-electron chi connectivity index (χ4n) is 4.61. The summed E-state index contributed by atoms with van der Waals surface area (Å²) in [5, 5.41) is 0. The number of benzene rings is 1. The fourth-order valence-corrected chi connectivity index (χ4v) is 4.61. The topological polar surface area (TPSA) is 36.4 Å². The predicted molar refractivity (Wildman–Crippen MR) is 104 cm³/mol. The van der Waals surface area contributed by atoms with Crippen LogP contribution in [0.15, 0.2) is 54.7 Å². The number of nitrogens with zero attached hydrogens (tertiary/aromatic N) is 3. The highest BCUT2D eigenvalue weighted by Gasteiger charge is 2.33. The Morgan fingerprint density at radius 2 is 1.77 bits per heavy atom. The largest absolute Gasteiger partial charge is 0.356 e. The van der Waals surface area contributed by atoms with E-state index in [4.69, 9.17) is 0 Å². The molecule has 1 saturated heterocycles. The molecule has 0 saturated carbocycles. The zero-order valence-corrected chi connectivity index (χ0v) is 14.8. The first kappa shape index (κ1) is 15.6. The Morgan fingerprint density at radius 1 is 1.00 bits per heavy atom. The van der Waals surface area contributed by atoms with Crippen LogP contribution in [0.1, 0.15) is 28.8 Å². The van der Waals surface area contributed by atoms with Gasteiger partial charge in [0.15, 0.2) is 0 Å². The van der Waals surface area contributed by atoms with E-state index in [1.807, 2.05) is 35.2 Å². The highest BCUT2D eigenvalue weighted by Crippen LogP contribution is 2.35. The average molecular weight is 345 g/mol. The van der Waals surface area contributed by atoms with E-state index < -0.39 is 0 Å². The van der Waals surface area contributed by atoms with Crippen LogP contribution in [0.3, 0.4) is 0 Å². The lowest BCUT2D eigenvalue weighted by molar-refractivity contribution is 0.0989. The maximum atomic E-state index is 12.9. The lowest BCUT2D eigenvalue weighted by Crippen LogP contribution is -2.29. The van der Waals surface area contributed by atoms with Crippen LogP contribution in [0.4, 0.5) is 11.5 Å². The zero-order valence-electron chi connectivity index (χ0n) is 14.8. The summed E-state index contributed by atoms with van der Waals surface area (Å²) in [4.78, 5) is 21.8. The predicted octanol–water partition coefficient (Wildman–Crippen LogP) is 3.69. The Bertz CT molecular complexity index is 842. The summed E-state index contributed by atoms with van der Waals surface area (Å²) in [6.45, 7) is 2.91. The number of hydrogen-bond donors (Lipinski definition) is 0. The van der Waals surface area contributed by atoms with E-state index >= 15 is 0 Å². The van der Waals surface area contributed by atoms with Crippen molar-refractivity contribution < 1.29 is 4.79 Å². The van der Waals surface area contributed by atoms with Gasteiger partial charge in [0.2, 0.25) is 0 Å². The average Bonchev–Trinajstić information content (AvgIpc) is 3.32. The summed E-state index contributed by atoms with van der Waals surface area (Å²) in [6, 6.07) is 12.1. The first-order chi connectivity index (χ1) is 12.8. The van der Waals surface area contributed by atoms with E-state index in [-0.39, 0.29) is 5.91 Å². The second-order valence-electron chi connectivity index (χ2n) is 7.61. The van der Waals surface area contributed by atoms with Crippen molar-refractivity contribution >= 4 is 17.4 Å². The molecule has 0 spiro atoms. The molecule has 0 radical (unpaired) electrons. The monoisotopic (exact) mass is 345 g/mol. The Morgan fingerprint density at radius 3 is 2.50 bits per heavy atom. The molecule has 2 atom stereocenters. The molecule has 3 aliphatic rings. The molecule has 2 aromatic rings. The molecular weight excluding hydrogens is 322 g/mol. The van der Waals surface area contributed by atoms with Gasteiger partial charge in [-0.25, -0.2) is 4.98 Å². The van der Waals surface area contributed by atoms with E-state index in [1.165, 1.54) is 18.4 Å². The number of para-hydroxylation sites is 1. The number of carbonyl (C=O) groups excluding carboxylic acids is 1. The molecular formula is C22H23N3O. The highest BCUT2D eigenvalue weighted by atomic mass is 16.2. The van der Waals surface area contributed by atoms with Crippen LogP contribution >= 0.6 is 0 Å². The van der Waals surface area contributed by atoms with E-state index in [1.54, 1.807) is 6.20 Å². The SMILES string of the molecule is O=C(c1ccc(N2CC3CC=CCC3C2)nc1)N1CCc2ccccc21. The lowest BCUT2D eigenvalue weighted by Gasteiger charge is -2.19. The van der Waals surface area contributed by atoms with Crippen LogP contribution in [-0.2, 0) is 6.42 Å². The Hall–Kier alpha value is -2.62. The van der Waals surface area contributed by atoms with Gasteiger partial charge in [-0.1, -0.05) is 30.4 Å². The van der Waals surface area contributed by atoms with Gasteiger partial charge in [0, 0.05) is 31.5 Å². The third-order valence-corrected chi connectivity index (χ3v) is 6.07. The first-order valence-corrected chi connectivity index (χ1v) is 9.55. The molecule has 1 aliphatic carbocycles. The Balaban J connectivity index is 1.32. The van der Waals surface area contributed by atoms with Gasteiger partial charge in [-0.15, -0.1) is 0 Å². The third-order valence-electron chi connectivity index (χ3n) is 6.07. The Kier molecular flexibility index (Phi) is 3.77. The summed E-state index contributed by atoms with van der Waals surface area (Å²) >= 11 is 0. The van der Waals surface area contributed by atoms with Crippen LogP contribution in [0.2, 0.25) is 0 Å². The van der Waals surface area contributed by atoms with Crippen molar-refractivity contribution in [2.24, 2.45) is 11.8 Å². The molecule has 2 unspecified atom stereocenters. The minimum absolute atomic E-state index is 0.0493. The standard InChI is InChI=1S/C22H23N3O/c26-22(25-12-11-16-5-3-4-8-20(16)25)17-9-10-21(23-13-17)24-14-18-6-1-2-7-19(18)15-24/h1-5,8-10,13,18-19H,6-7,11-12,14-15H2. The number of pyridine rings is 1. The molecule has 1 aromatic heterocycles. The van der Waals surface area contributed by atoms with E-state index in [2.05, 4.69) is 28.1 Å². The van der Waals surface area contributed by atoms with Crippen LogP contribution in [0.25, 0.3) is 0 Å². The maximum Gasteiger partial charge on any atom is 0.259 e. The van der Waals surface area contributed by atoms with Crippen molar-refractivity contribution in [1.29, 1.82) is 0 Å². The fraction of sp³-hybridized carbons (Fsp3) is 0.364. The minimum Gasteiger partial charge on any atom is -0.356 e. The molecule has 3 heterocycles. The van der Waals surface area contributed by atoms with Crippen LogP contribution in [0, 0.1) is 11.8 Å². The summed E-state index contributed by atoms with van der Waals surface area (Å²) < 4.78 is 0. The summed E-state index contributed by atoms with van der Waals surface area (Å²) in [6.07, 6.45) is 9.68. The van der Waals surface area contributed by atoms with Gasteiger partial charge < -0.3 is 9.80 Å². The number of fused-ring (bicyclic) bond motifs is 2. The third kappa shape index (κ3) is 2.61. The number of allylic oxidation sites excluding steroid dienone is 2. The number of rotatable bonds is 2. The van der Waals surface area contributed by atoms with E-state index in [9.17, 15) is 4.79 Å². The van der Waals surface area contributed by atoms with Gasteiger partial charge >= 0.3 is 0 Å². The van der Waals surface area contributed by atoms with Gasteiger partial charge in [-0.2, -0.15) is 0 Å². The highest BCUT2D eigenvalue weighted by molar-refractivity contribution is 6.07. The van der Waals surface area contributed by atoms with E-state index in [0.717, 1.165) is 49.4 Å². The summed E-state index contributed by atoms with van der Waals surface area (Å²) in [5.41, 5.74) is 2.96. The number of hydrogen-bond acceptors (Lipinski definition) is 3. The van der Waals surface area contributed by atoms with Gasteiger partial charge in [0.05, 0.1) is 5.56 Å². The normalized spacial score (nSPS) is 23.8. The molecule has 1 amide bonds. The maximum absolute atomic E-state index is 12.9. The number of anilines is 2. The molecule has 1 aromatic carbocycles. The summed E-state index contributed by atoms with van der Waals surface area (Å²) in [7, 11) is 0. The molecule has 2 aliphatic heterocycles. The molecule has 1 fully saturated rings. The number of amides is 1. The van der Waals surface area contributed by atoms with Gasteiger partial charge in [0.1, 0.15) is 5.82 Å². The van der Waals surface area contributed by atoms with Gasteiger partial charge in [0.25, 0.3) is 5.91 Å². The van der Waals surface area contributed by atoms with Crippen molar-refractivity contribution in [2.45, 2.75) is 19.3 Å².